The van der Waals surface area contributed by atoms with Crippen molar-refractivity contribution >= 4 is 29.2 Å². The molecule has 9 heteroatoms. The molecule has 0 spiro atoms. The highest BCUT2D eigenvalue weighted by atomic mass is 32.1. The third kappa shape index (κ3) is 7.84. The van der Waals surface area contributed by atoms with E-state index < -0.39 is 0 Å². The smallest absolute Gasteiger partial charge is 0.317 e. The number of carbonyl (C=O) groups excluding carboxylic acids is 3. The molecule has 0 saturated carbocycles. The quantitative estimate of drug-likeness (QED) is 0.415. The van der Waals surface area contributed by atoms with Crippen LogP contribution in [-0.4, -0.2) is 60.1 Å². The molecular weight excluding hydrogens is 440 g/mol. The zero-order valence-corrected chi connectivity index (χ0v) is 20.5. The van der Waals surface area contributed by atoms with Gasteiger partial charge in [-0.25, -0.2) is 9.78 Å². The molecule has 182 valence electrons. The van der Waals surface area contributed by atoms with Gasteiger partial charge in [-0.05, 0) is 58.8 Å². The van der Waals surface area contributed by atoms with Crippen molar-refractivity contribution in [2.24, 2.45) is 0 Å². The van der Waals surface area contributed by atoms with E-state index in [1.807, 2.05) is 4.90 Å². The highest BCUT2D eigenvalue weighted by Gasteiger charge is 2.26. The number of aromatic nitrogens is 1. The van der Waals surface area contributed by atoms with Crippen molar-refractivity contribution in [3.8, 4) is 0 Å². The molecule has 1 saturated heterocycles. The molecule has 1 atom stereocenters. The Balaban J connectivity index is 1.40. The number of hydrogen-bond acceptors (Lipinski definition) is 6. The fourth-order valence-corrected chi connectivity index (χ4v) is 5.27. The maximum atomic E-state index is 12.5. The molecule has 33 heavy (non-hydrogen) atoms. The van der Waals surface area contributed by atoms with Crippen LogP contribution in [0.25, 0.3) is 0 Å². The van der Waals surface area contributed by atoms with Crippen molar-refractivity contribution < 1.29 is 19.1 Å². The maximum Gasteiger partial charge on any atom is 0.317 e. The number of piperidine rings is 1. The first-order chi connectivity index (χ1) is 16.0. The largest absolute Gasteiger partial charge is 0.466 e. The summed E-state index contributed by atoms with van der Waals surface area (Å²) < 4.78 is 4.92. The number of rotatable bonds is 9. The number of carbonyl (C=O) groups is 3. The van der Waals surface area contributed by atoms with Gasteiger partial charge < -0.3 is 20.3 Å². The molecule has 3 amide bonds. The van der Waals surface area contributed by atoms with E-state index >= 15 is 0 Å². The summed E-state index contributed by atoms with van der Waals surface area (Å²) in [5.74, 6) is -0.352. The maximum absolute atomic E-state index is 12.5. The minimum absolute atomic E-state index is 0.0136. The molecule has 1 aliphatic heterocycles. The summed E-state index contributed by atoms with van der Waals surface area (Å²) in [4.78, 5) is 42.9. The predicted octanol–water partition coefficient (Wildman–Crippen LogP) is 3.99. The van der Waals surface area contributed by atoms with Gasteiger partial charge in [0.2, 0.25) is 0 Å². The van der Waals surface area contributed by atoms with Gasteiger partial charge in [-0.1, -0.05) is 11.6 Å². The van der Waals surface area contributed by atoms with Crippen molar-refractivity contribution in [2.45, 2.75) is 77.2 Å². The molecule has 1 aromatic rings. The number of esters is 1. The second-order valence-electron chi connectivity index (χ2n) is 8.81. The summed E-state index contributed by atoms with van der Waals surface area (Å²) in [5, 5.41) is 8.56. The van der Waals surface area contributed by atoms with E-state index in [0.29, 0.717) is 31.9 Å². The third-order valence-corrected chi connectivity index (χ3v) is 7.16. The molecule has 0 bridgehead atoms. The topological polar surface area (TPSA) is 101 Å². The molecule has 2 aliphatic rings. The summed E-state index contributed by atoms with van der Waals surface area (Å²) in [5.41, 5.74) is 1.85. The number of thiazole rings is 1. The Hall–Kier alpha value is -2.42. The molecule has 1 aliphatic carbocycles. The van der Waals surface area contributed by atoms with E-state index in [1.54, 1.807) is 19.2 Å². The first-order valence-electron chi connectivity index (χ1n) is 12.1. The zero-order chi connectivity index (χ0) is 23.6. The fourth-order valence-electron chi connectivity index (χ4n) is 4.30. The van der Waals surface area contributed by atoms with Gasteiger partial charge in [0.1, 0.15) is 5.69 Å². The molecule has 0 radical (unpaired) electrons. The summed E-state index contributed by atoms with van der Waals surface area (Å²) in [6.45, 7) is 5.94. The van der Waals surface area contributed by atoms with E-state index in [2.05, 4.69) is 21.7 Å². The second-order valence-corrected chi connectivity index (χ2v) is 9.70. The number of amides is 3. The van der Waals surface area contributed by atoms with Gasteiger partial charge in [0, 0.05) is 37.0 Å². The van der Waals surface area contributed by atoms with E-state index in [-0.39, 0.29) is 36.3 Å². The van der Waals surface area contributed by atoms with Crippen LogP contribution in [0.1, 0.15) is 86.6 Å². The lowest BCUT2D eigenvalue weighted by Gasteiger charge is -2.31. The number of hydrogen-bond donors (Lipinski definition) is 2. The standard InChI is InChI=1S/C24H36N4O4S/c1-3-32-21(29)15-17(2)26-22(30)20-16-33-23(27-20)19-10-13-28(14-11-19)24(31)25-12-9-18-7-5-4-6-8-18/h7,16-17,19H,3-6,8-15H2,1-2H3,(H,25,31)(H,26,30). The van der Waals surface area contributed by atoms with Crippen LogP contribution in [0.15, 0.2) is 17.0 Å². The highest BCUT2D eigenvalue weighted by molar-refractivity contribution is 7.09. The minimum Gasteiger partial charge on any atom is -0.466 e. The molecule has 1 aromatic heterocycles. The Kier molecular flexibility index (Phi) is 9.72. The molecule has 3 rings (SSSR count). The number of likely N-dealkylation sites (tertiary alicyclic amines) is 1. The van der Waals surface area contributed by atoms with Crippen LogP contribution >= 0.6 is 11.3 Å². The van der Waals surface area contributed by atoms with Gasteiger partial charge >= 0.3 is 12.0 Å². The van der Waals surface area contributed by atoms with Crippen molar-refractivity contribution in [1.29, 1.82) is 0 Å². The van der Waals surface area contributed by atoms with Gasteiger partial charge in [0.05, 0.1) is 18.0 Å². The van der Waals surface area contributed by atoms with Crippen LogP contribution in [-0.2, 0) is 9.53 Å². The average molecular weight is 477 g/mol. The van der Waals surface area contributed by atoms with E-state index in [9.17, 15) is 14.4 Å². The van der Waals surface area contributed by atoms with Crippen molar-refractivity contribution in [3.05, 3.63) is 27.7 Å². The minimum atomic E-state index is -0.328. The average Bonchev–Trinajstić information content (AvgIpc) is 3.30. The summed E-state index contributed by atoms with van der Waals surface area (Å²) in [6, 6.07) is -0.308. The van der Waals surface area contributed by atoms with Crippen LogP contribution in [0.3, 0.4) is 0 Å². The van der Waals surface area contributed by atoms with E-state index in [4.69, 9.17) is 4.74 Å². The zero-order valence-electron chi connectivity index (χ0n) is 19.7. The summed E-state index contributed by atoms with van der Waals surface area (Å²) in [7, 11) is 0. The number of allylic oxidation sites excluding steroid dienone is 1. The van der Waals surface area contributed by atoms with Gasteiger partial charge in [0.15, 0.2) is 0 Å². The van der Waals surface area contributed by atoms with E-state index in [1.165, 1.54) is 42.6 Å². The molecule has 1 fully saturated rings. The molecule has 0 aromatic carbocycles. The van der Waals surface area contributed by atoms with Crippen LogP contribution < -0.4 is 10.6 Å². The monoisotopic (exact) mass is 476 g/mol. The first-order valence-corrected chi connectivity index (χ1v) is 13.0. The lowest BCUT2D eigenvalue weighted by molar-refractivity contribution is -0.143. The van der Waals surface area contributed by atoms with Crippen molar-refractivity contribution in [3.63, 3.8) is 0 Å². The first kappa shape index (κ1) is 25.2. The lowest BCUT2D eigenvalue weighted by atomic mass is 9.97. The van der Waals surface area contributed by atoms with Crippen LogP contribution in [0.5, 0.6) is 0 Å². The molecule has 2 heterocycles. The Labute approximate surface area is 200 Å². The SMILES string of the molecule is CCOC(=O)CC(C)NC(=O)c1csc(C2CCN(C(=O)NCCC3=CCCCC3)CC2)n1. The Morgan fingerprint density at radius 2 is 2.06 bits per heavy atom. The Morgan fingerprint density at radius 1 is 1.27 bits per heavy atom. The lowest BCUT2D eigenvalue weighted by Crippen LogP contribution is -2.44. The third-order valence-electron chi connectivity index (χ3n) is 6.15. The Bertz CT molecular complexity index is 845. The van der Waals surface area contributed by atoms with Crippen molar-refractivity contribution in [2.75, 3.05) is 26.2 Å². The Morgan fingerprint density at radius 3 is 2.76 bits per heavy atom. The number of nitrogens with zero attached hydrogens (tertiary/aromatic N) is 2. The van der Waals surface area contributed by atoms with Crippen molar-refractivity contribution in [1.82, 2.24) is 20.5 Å². The number of ether oxygens (including phenoxy) is 1. The van der Waals surface area contributed by atoms with Gasteiger partial charge in [0.25, 0.3) is 5.91 Å². The normalized spacial score (nSPS) is 17.8. The van der Waals surface area contributed by atoms with Crippen LogP contribution in [0, 0.1) is 0 Å². The number of urea groups is 1. The summed E-state index contributed by atoms with van der Waals surface area (Å²) in [6.07, 6.45) is 9.97. The van der Waals surface area contributed by atoms with Gasteiger partial charge in [-0.2, -0.15) is 0 Å². The summed E-state index contributed by atoms with van der Waals surface area (Å²) >= 11 is 1.48. The number of nitrogens with one attached hydrogen (secondary N) is 2. The predicted molar refractivity (Wildman–Crippen MR) is 128 cm³/mol. The van der Waals surface area contributed by atoms with Crippen LogP contribution in [0.2, 0.25) is 0 Å². The van der Waals surface area contributed by atoms with Crippen LogP contribution in [0.4, 0.5) is 4.79 Å². The fraction of sp³-hybridized carbons (Fsp3) is 0.667. The molecule has 2 N–H and O–H groups in total. The van der Waals surface area contributed by atoms with Gasteiger partial charge in [-0.3, -0.25) is 9.59 Å². The molecule has 8 nitrogen and oxygen atoms in total. The van der Waals surface area contributed by atoms with E-state index in [0.717, 1.165) is 24.3 Å². The van der Waals surface area contributed by atoms with Gasteiger partial charge in [-0.15, -0.1) is 11.3 Å². The molecule has 1 unspecified atom stereocenters. The highest BCUT2D eigenvalue weighted by Crippen LogP contribution is 2.30. The molecular formula is C24H36N4O4S. The second kappa shape index (κ2) is 12.7.